The summed E-state index contributed by atoms with van der Waals surface area (Å²) in [5.74, 6) is -0.861. The van der Waals surface area contributed by atoms with E-state index in [0.717, 1.165) is 10.5 Å². The number of nitrogens with two attached hydrogens (primary N) is 1. The molecule has 1 aliphatic heterocycles. The third-order valence-electron chi connectivity index (χ3n) is 6.74. The molecule has 1 fully saturated rings. The van der Waals surface area contributed by atoms with Crippen molar-refractivity contribution in [3.05, 3.63) is 81.5 Å². The van der Waals surface area contributed by atoms with E-state index in [-0.39, 0.29) is 11.4 Å². The highest BCUT2D eigenvalue weighted by Gasteiger charge is 2.49. The molecule has 0 bridgehead atoms. The molecule has 0 aliphatic carbocycles. The summed E-state index contributed by atoms with van der Waals surface area (Å²) in [6.07, 6.45) is -0.507. The van der Waals surface area contributed by atoms with E-state index in [1.807, 2.05) is 31.2 Å². The fourth-order valence-corrected chi connectivity index (χ4v) is 5.32. The molecule has 216 valence electrons. The largest absolute Gasteiger partial charge is 0.457 e. The van der Waals surface area contributed by atoms with Crippen LogP contribution in [0.4, 0.5) is 8.78 Å². The molecule has 0 unspecified atom stereocenters. The van der Waals surface area contributed by atoms with Crippen molar-refractivity contribution >= 4 is 34.9 Å². The number of halogens is 2. The Morgan fingerprint density at radius 2 is 1.78 bits per heavy atom. The highest BCUT2D eigenvalue weighted by Crippen LogP contribution is 2.32. The lowest BCUT2D eigenvalue weighted by molar-refractivity contribution is -0.138. The molecule has 12 heteroatoms. The van der Waals surface area contributed by atoms with Gasteiger partial charge in [-0.15, -0.1) is 11.3 Å². The molecule has 9 nitrogen and oxygen atoms in total. The standard InChI is InChI=1S/C29H31F2N5O4S/c1-17-3-7-21(8-4-17)40-22-9-5-19(6-10-22)27(38)34-13-25(37)36-16-29(31,15-30)12-23(36)28(39)35-18(2)24-11-20(14-41-24)26(32)33/h3-11,14,18,23H,12-13,15-16H2,1-2H3,(H3,32,33)(H,34,38)(H,35,39)/t18-,23+,29+/m1/s1. The van der Waals surface area contributed by atoms with Crippen molar-refractivity contribution in [3.8, 4) is 11.5 Å². The summed E-state index contributed by atoms with van der Waals surface area (Å²) in [5, 5.41) is 14.4. The SMILES string of the molecule is Cc1ccc(Oc2ccc(C(=O)NCC(=O)N3C[C@@](F)(CF)C[C@H]3C(=O)N[C@H](C)c3cc(C(=N)N)cs3)cc2)cc1. The van der Waals surface area contributed by atoms with Gasteiger partial charge in [-0.05, 0) is 56.3 Å². The second-order valence-electron chi connectivity index (χ2n) is 10.0. The molecule has 0 spiro atoms. The van der Waals surface area contributed by atoms with Gasteiger partial charge in [-0.2, -0.15) is 0 Å². The topological polar surface area (TPSA) is 138 Å². The summed E-state index contributed by atoms with van der Waals surface area (Å²) in [5.41, 5.74) is 4.99. The number of ether oxygens (including phenoxy) is 1. The lowest BCUT2D eigenvalue weighted by Crippen LogP contribution is -2.49. The number of carbonyl (C=O) groups is 3. The van der Waals surface area contributed by atoms with Gasteiger partial charge in [0.05, 0.1) is 19.1 Å². The van der Waals surface area contributed by atoms with Crippen LogP contribution in [-0.4, -0.2) is 59.9 Å². The zero-order valence-corrected chi connectivity index (χ0v) is 23.4. The maximum atomic E-state index is 15.0. The molecule has 2 aromatic carbocycles. The van der Waals surface area contributed by atoms with Gasteiger partial charge in [0, 0.05) is 27.8 Å². The summed E-state index contributed by atoms with van der Waals surface area (Å²) in [4.78, 5) is 40.4. The summed E-state index contributed by atoms with van der Waals surface area (Å²) in [6.45, 7) is 1.20. The molecule has 0 radical (unpaired) electrons. The minimum absolute atomic E-state index is 0.114. The van der Waals surface area contributed by atoms with Gasteiger partial charge < -0.3 is 26.0 Å². The van der Waals surface area contributed by atoms with Crippen LogP contribution in [0, 0.1) is 12.3 Å². The van der Waals surface area contributed by atoms with Gasteiger partial charge >= 0.3 is 0 Å². The summed E-state index contributed by atoms with van der Waals surface area (Å²) < 4.78 is 34.3. The number of likely N-dealkylation sites (tertiary alicyclic amines) is 1. The van der Waals surface area contributed by atoms with Gasteiger partial charge in [-0.3, -0.25) is 19.8 Å². The van der Waals surface area contributed by atoms with E-state index >= 15 is 4.39 Å². The third-order valence-corrected chi connectivity index (χ3v) is 7.86. The Kier molecular flexibility index (Phi) is 9.01. The zero-order chi connectivity index (χ0) is 29.7. The van der Waals surface area contributed by atoms with E-state index < -0.39 is 61.7 Å². The van der Waals surface area contributed by atoms with E-state index in [1.165, 1.54) is 23.5 Å². The maximum absolute atomic E-state index is 15.0. The fourth-order valence-electron chi connectivity index (χ4n) is 4.41. The number of benzene rings is 2. The van der Waals surface area contributed by atoms with Crippen LogP contribution >= 0.6 is 11.3 Å². The van der Waals surface area contributed by atoms with Gasteiger partial charge in [0.1, 0.15) is 30.1 Å². The Morgan fingerprint density at radius 3 is 2.37 bits per heavy atom. The predicted octanol–water partition coefficient (Wildman–Crippen LogP) is 4.02. The van der Waals surface area contributed by atoms with Crippen molar-refractivity contribution in [1.82, 2.24) is 15.5 Å². The smallest absolute Gasteiger partial charge is 0.251 e. The second kappa shape index (κ2) is 12.5. The number of alkyl halides is 2. The number of hydrogen-bond donors (Lipinski definition) is 4. The maximum Gasteiger partial charge on any atom is 0.251 e. The Balaban J connectivity index is 1.36. The number of nitrogens with zero attached hydrogens (tertiary/aromatic N) is 1. The van der Waals surface area contributed by atoms with Gasteiger partial charge in [0.15, 0.2) is 5.67 Å². The van der Waals surface area contributed by atoms with E-state index in [0.29, 0.717) is 21.9 Å². The molecule has 3 atom stereocenters. The quantitative estimate of drug-likeness (QED) is 0.211. The lowest BCUT2D eigenvalue weighted by Gasteiger charge is -2.25. The average Bonchev–Trinajstić information content (AvgIpc) is 3.59. The minimum atomic E-state index is -2.37. The normalized spacial score (nSPS) is 18.9. The van der Waals surface area contributed by atoms with Crippen LogP contribution in [0.5, 0.6) is 11.5 Å². The molecule has 2 heterocycles. The Hall–Kier alpha value is -4.32. The number of carbonyl (C=O) groups excluding carboxylic acids is 3. The van der Waals surface area contributed by atoms with Crippen LogP contribution in [-0.2, 0) is 9.59 Å². The first-order valence-electron chi connectivity index (χ1n) is 12.9. The van der Waals surface area contributed by atoms with Crippen LogP contribution < -0.4 is 21.1 Å². The Bertz CT molecular complexity index is 1430. The molecule has 5 N–H and O–H groups in total. The van der Waals surface area contributed by atoms with Crippen molar-refractivity contribution in [3.63, 3.8) is 0 Å². The Labute approximate surface area is 240 Å². The Morgan fingerprint density at radius 1 is 1.15 bits per heavy atom. The molecular weight excluding hydrogens is 552 g/mol. The fraction of sp³-hybridized carbons (Fsp3) is 0.310. The molecule has 3 amide bonds. The molecule has 1 aromatic heterocycles. The zero-order valence-electron chi connectivity index (χ0n) is 22.6. The second-order valence-corrected chi connectivity index (χ2v) is 11.0. The van der Waals surface area contributed by atoms with Crippen molar-refractivity contribution < 1.29 is 27.9 Å². The number of aryl methyl sites for hydroxylation is 1. The van der Waals surface area contributed by atoms with Crippen molar-refractivity contribution in [2.45, 2.75) is 38.0 Å². The first kappa shape index (κ1) is 29.7. The van der Waals surface area contributed by atoms with Gasteiger partial charge in [-0.25, -0.2) is 8.78 Å². The van der Waals surface area contributed by atoms with E-state index in [9.17, 15) is 18.8 Å². The number of nitrogen functional groups attached to an aromatic ring is 1. The monoisotopic (exact) mass is 583 g/mol. The van der Waals surface area contributed by atoms with Crippen LogP contribution in [0.3, 0.4) is 0 Å². The molecule has 3 aromatic rings. The minimum Gasteiger partial charge on any atom is -0.457 e. The average molecular weight is 584 g/mol. The molecule has 1 saturated heterocycles. The highest BCUT2D eigenvalue weighted by molar-refractivity contribution is 7.10. The molecule has 4 rings (SSSR count). The van der Waals surface area contributed by atoms with Crippen molar-refractivity contribution in [1.29, 1.82) is 5.41 Å². The number of amides is 3. The van der Waals surface area contributed by atoms with E-state index in [1.54, 1.807) is 30.5 Å². The first-order chi connectivity index (χ1) is 19.5. The van der Waals surface area contributed by atoms with E-state index in [4.69, 9.17) is 15.9 Å². The number of thiophene rings is 1. The van der Waals surface area contributed by atoms with Crippen LogP contribution in [0.25, 0.3) is 0 Å². The highest BCUT2D eigenvalue weighted by atomic mass is 32.1. The van der Waals surface area contributed by atoms with Gasteiger partial charge in [0.25, 0.3) is 5.91 Å². The summed E-state index contributed by atoms with van der Waals surface area (Å²) >= 11 is 1.29. The number of rotatable bonds is 10. The number of nitrogens with one attached hydrogen (secondary N) is 3. The van der Waals surface area contributed by atoms with Crippen LogP contribution in [0.15, 0.2) is 60.0 Å². The summed E-state index contributed by atoms with van der Waals surface area (Å²) in [7, 11) is 0. The first-order valence-corrected chi connectivity index (χ1v) is 13.8. The predicted molar refractivity (Wildman–Crippen MR) is 152 cm³/mol. The molecule has 1 aliphatic rings. The molecule has 0 saturated carbocycles. The third kappa shape index (κ3) is 7.26. The molecule has 41 heavy (non-hydrogen) atoms. The van der Waals surface area contributed by atoms with Crippen molar-refractivity contribution in [2.75, 3.05) is 19.8 Å². The van der Waals surface area contributed by atoms with Crippen LogP contribution in [0.2, 0.25) is 0 Å². The van der Waals surface area contributed by atoms with Gasteiger partial charge in [-0.1, -0.05) is 17.7 Å². The lowest BCUT2D eigenvalue weighted by atomic mass is 10.0. The van der Waals surface area contributed by atoms with Crippen molar-refractivity contribution in [2.24, 2.45) is 5.73 Å². The summed E-state index contributed by atoms with van der Waals surface area (Å²) in [6, 6.07) is 13.7. The van der Waals surface area contributed by atoms with Crippen LogP contribution in [0.1, 0.15) is 45.7 Å². The van der Waals surface area contributed by atoms with E-state index in [2.05, 4.69) is 10.6 Å². The number of hydrogen-bond acceptors (Lipinski definition) is 6. The number of amidine groups is 1. The van der Waals surface area contributed by atoms with Gasteiger partial charge in [0.2, 0.25) is 11.8 Å². The molecular formula is C29H31F2N5O4S.